The number of halogens is 1. The molecule has 107 heavy (non-hydrogen) atoms. The van der Waals surface area contributed by atoms with Gasteiger partial charge in [-0.1, -0.05) is 269 Å². The van der Waals surface area contributed by atoms with Crippen molar-refractivity contribution in [2.45, 2.75) is 298 Å². The number of methoxy groups -OCH3 is 2. The SMILES string of the molecule is C.C.C.C.C.C.C.C.C.C.C.C.CCC(C)(C#N)c1ccc(OCCOC)cc1.CCC(C)c1ccc(OC(C)=O)cc1.CCC(C)c1ccc(OC)cc1.CCC(C)c1ccc(OCOC2CCCCC2)cc1.CCC(C)c1ccc(OCOc2ccccc2)cc1.CCOc1ccc(C(C)(F)CC)cc1. The number of hydrogen-bond acceptors (Lipinski definition) is 11. The maximum Gasteiger partial charge on any atom is 0.308 e. The van der Waals surface area contributed by atoms with Crippen LogP contribution in [0, 0.1) is 11.3 Å². The summed E-state index contributed by atoms with van der Waals surface area (Å²) in [4.78, 5) is 10.7. The summed E-state index contributed by atoms with van der Waals surface area (Å²) in [5.74, 6) is 7.85. The fourth-order valence-electron chi connectivity index (χ4n) is 9.58. The second-order valence-corrected chi connectivity index (χ2v) is 24.4. The van der Waals surface area contributed by atoms with Gasteiger partial charge in [0, 0.05) is 14.0 Å². The summed E-state index contributed by atoms with van der Waals surface area (Å²) in [5.41, 5.74) is 5.49. The average Bonchev–Trinajstić information content (AvgIpc) is 0.852. The van der Waals surface area contributed by atoms with Gasteiger partial charge in [-0.3, -0.25) is 4.79 Å². The van der Waals surface area contributed by atoms with Crippen molar-refractivity contribution in [3.05, 3.63) is 209 Å². The number of para-hydroxylation sites is 1. The van der Waals surface area contributed by atoms with Gasteiger partial charge in [0.1, 0.15) is 52.5 Å². The van der Waals surface area contributed by atoms with Crippen LogP contribution in [0.1, 0.15) is 314 Å². The highest BCUT2D eigenvalue weighted by molar-refractivity contribution is 5.69. The molecule has 0 aliphatic heterocycles. The average molecular weight is 1500 g/mol. The van der Waals surface area contributed by atoms with E-state index in [9.17, 15) is 14.4 Å². The molecule has 6 atom stereocenters. The van der Waals surface area contributed by atoms with Crippen LogP contribution in [0.25, 0.3) is 0 Å². The van der Waals surface area contributed by atoms with Crippen molar-refractivity contribution < 1.29 is 51.8 Å². The van der Waals surface area contributed by atoms with Crippen LogP contribution in [0.15, 0.2) is 176 Å². The number of esters is 1. The van der Waals surface area contributed by atoms with Crippen molar-refractivity contribution in [3.8, 4) is 46.3 Å². The monoisotopic (exact) mass is 1500 g/mol. The molecule has 0 amide bonds. The van der Waals surface area contributed by atoms with Gasteiger partial charge in [-0.25, -0.2) is 4.39 Å². The predicted molar refractivity (Wildman–Crippen MR) is 469 cm³/mol. The molecule has 1 fully saturated rings. The first kappa shape index (κ1) is 120. The first-order valence-corrected chi connectivity index (χ1v) is 34.5. The summed E-state index contributed by atoms with van der Waals surface area (Å²) in [6.45, 7) is 30.8. The third kappa shape index (κ3) is 46.9. The Morgan fingerprint density at radius 1 is 0.430 bits per heavy atom. The number of nitriles is 1. The highest BCUT2D eigenvalue weighted by Gasteiger charge is 2.24. The van der Waals surface area contributed by atoms with Crippen LogP contribution in [0.4, 0.5) is 4.39 Å². The van der Waals surface area contributed by atoms with Gasteiger partial charge in [-0.05, 0) is 214 Å². The molecule has 614 valence electrons. The van der Waals surface area contributed by atoms with Crippen LogP contribution in [-0.4, -0.2) is 59.7 Å². The molecular formula is C95H162FNO10. The number of alkyl halides is 1. The van der Waals surface area contributed by atoms with E-state index >= 15 is 0 Å². The third-order valence-corrected chi connectivity index (χ3v) is 17.5. The zero-order valence-electron chi connectivity index (χ0n) is 60.4. The van der Waals surface area contributed by atoms with E-state index in [0.717, 1.165) is 59.3 Å². The lowest BCUT2D eigenvalue weighted by Crippen LogP contribution is -2.19. The van der Waals surface area contributed by atoms with Gasteiger partial charge in [0.25, 0.3) is 0 Å². The van der Waals surface area contributed by atoms with E-state index in [2.05, 4.69) is 97.9 Å². The normalized spacial score (nSPS) is 12.5. The van der Waals surface area contributed by atoms with Crippen LogP contribution < -0.4 is 33.2 Å². The van der Waals surface area contributed by atoms with E-state index in [0.29, 0.717) is 74.1 Å². The van der Waals surface area contributed by atoms with E-state index in [4.69, 9.17) is 42.6 Å². The number of ether oxygens (including phenoxy) is 9. The summed E-state index contributed by atoms with van der Waals surface area (Å²) >= 11 is 0. The van der Waals surface area contributed by atoms with E-state index in [1.807, 2.05) is 155 Å². The molecule has 6 unspecified atom stereocenters. The molecule has 0 saturated heterocycles. The van der Waals surface area contributed by atoms with E-state index in [-0.39, 0.29) is 102 Å². The summed E-state index contributed by atoms with van der Waals surface area (Å²) < 4.78 is 62.0. The molecule has 8 rings (SSSR count). The Balaban J connectivity index is -0.000000130. The second kappa shape index (κ2) is 68.7. The summed E-state index contributed by atoms with van der Waals surface area (Å²) in [5, 5.41) is 9.18. The maximum atomic E-state index is 13.8. The lowest BCUT2D eigenvalue weighted by Gasteiger charge is -2.22. The molecule has 0 bridgehead atoms. The van der Waals surface area contributed by atoms with Gasteiger partial charge in [-0.2, -0.15) is 5.26 Å². The predicted octanol–water partition coefficient (Wildman–Crippen LogP) is 30.1. The van der Waals surface area contributed by atoms with Gasteiger partial charge < -0.3 is 42.6 Å². The van der Waals surface area contributed by atoms with Crippen LogP contribution in [-0.2, 0) is 25.4 Å². The summed E-state index contributed by atoms with van der Waals surface area (Å²) in [6, 6.07) is 59.5. The van der Waals surface area contributed by atoms with Crippen molar-refractivity contribution in [3.63, 3.8) is 0 Å². The number of carbonyl (C=O) groups is 1. The Bertz CT molecular complexity index is 3110. The van der Waals surface area contributed by atoms with Crippen molar-refractivity contribution >= 4 is 5.97 Å². The van der Waals surface area contributed by atoms with Crippen LogP contribution >= 0.6 is 0 Å². The van der Waals surface area contributed by atoms with Crippen LogP contribution in [0.2, 0.25) is 0 Å². The number of benzene rings is 7. The molecule has 1 aliphatic rings. The quantitative estimate of drug-likeness (QED) is 0.0201. The first-order chi connectivity index (χ1) is 45.7. The maximum absolute atomic E-state index is 13.8. The van der Waals surface area contributed by atoms with Gasteiger partial charge in [0.05, 0.1) is 37.9 Å². The molecule has 0 heterocycles. The van der Waals surface area contributed by atoms with Crippen molar-refractivity contribution in [1.29, 1.82) is 5.26 Å². The second-order valence-electron chi connectivity index (χ2n) is 24.4. The highest BCUT2D eigenvalue weighted by Crippen LogP contribution is 2.32. The molecule has 1 saturated carbocycles. The largest absolute Gasteiger partial charge is 0.497 e. The Kier molecular flexibility index (Phi) is 77.1. The van der Waals surface area contributed by atoms with E-state index in [1.165, 1.54) is 74.1 Å². The molecule has 0 N–H and O–H groups in total. The van der Waals surface area contributed by atoms with E-state index in [1.54, 1.807) is 33.3 Å². The zero-order chi connectivity index (χ0) is 69.9. The Hall–Kier alpha value is -7.85. The minimum absolute atomic E-state index is 0. The molecule has 7 aromatic rings. The number of hydrogen-bond donors (Lipinski definition) is 0. The first-order valence-electron chi connectivity index (χ1n) is 34.5. The van der Waals surface area contributed by atoms with Gasteiger partial charge in [0.15, 0.2) is 6.79 Å². The molecule has 0 spiro atoms. The molecule has 11 nitrogen and oxygen atoms in total. The number of nitrogens with zero attached hydrogens (tertiary/aromatic N) is 1. The fraction of sp³-hybridized carbons (Fsp3) is 0.537. The van der Waals surface area contributed by atoms with Gasteiger partial charge >= 0.3 is 5.97 Å². The van der Waals surface area contributed by atoms with Crippen molar-refractivity contribution in [2.75, 3.05) is 47.6 Å². The lowest BCUT2D eigenvalue weighted by molar-refractivity contribution is -0.131. The lowest BCUT2D eigenvalue weighted by atomic mass is 9.82. The molecule has 1 aliphatic carbocycles. The van der Waals surface area contributed by atoms with Crippen LogP contribution in [0.3, 0.4) is 0 Å². The minimum Gasteiger partial charge on any atom is -0.497 e. The fourth-order valence-corrected chi connectivity index (χ4v) is 9.58. The molecule has 7 aromatic carbocycles. The molecule has 0 aromatic heterocycles. The summed E-state index contributed by atoms with van der Waals surface area (Å²) in [6.07, 6.45) is 12.7. The zero-order valence-corrected chi connectivity index (χ0v) is 60.4. The third-order valence-electron chi connectivity index (χ3n) is 17.5. The summed E-state index contributed by atoms with van der Waals surface area (Å²) in [7, 11) is 3.34. The number of rotatable bonds is 28. The topological polar surface area (TPSA) is 124 Å². The minimum atomic E-state index is -1.23. The Morgan fingerprint density at radius 2 is 0.766 bits per heavy atom. The van der Waals surface area contributed by atoms with Crippen LogP contribution in [0.5, 0.6) is 40.2 Å². The number of carbonyl (C=O) groups excluding carboxylic acids is 1. The van der Waals surface area contributed by atoms with Gasteiger partial charge in [-0.15, -0.1) is 0 Å². The van der Waals surface area contributed by atoms with Crippen molar-refractivity contribution in [2.24, 2.45) is 0 Å². The standard InChI is InChI=1S/C17H26O2.C17H20O2.C14H19NO2.C12H17FO.C12H16O2.C11H16O.12CH4/c2*1-3-14(2)15-9-11-17(12-10-15)19-13-18-16-7-5-4-6-8-16;1-4-14(2,11-15)12-5-7-13(8-6-12)17-10-9-16-3;1-4-12(3,13)10-6-8-11(9-7-10)14-5-2;1-4-9(2)11-5-7-12(8-6-11)14-10(3)13;1-4-9(2)10-5-7-11(12-3)8-6-10;;;;;;;;;;;;/h9-12,14,16H,3-8,13H2,1-2H3;4-12,14H,3,13H2,1-2H3;5-8H,4,9-10H2,1-3H3;6-9H,4-5H2,1-3H3;5-9H,4H2,1-3H3;5-9H,4H2,1-3H3;12*1H4. The Labute approximate surface area is 660 Å². The van der Waals surface area contributed by atoms with E-state index < -0.39 is 11.1 Å². The Morgan fingerprint density at radius 3 is 1.10 bits per heavy atom. The molecular weight excluding hydrogens is 1330 g/mol. The molecule has 12 heteroatoms. The highest BCUT2D eigenvalue weighted by atomic mass is 19.1. The smallest absolute Gasteiger partial charge is 0.308 e. The van der Waals surface area contributed by atoms with Crippen molar-refractivity contribution in [1.82, 2.24) is 0 Å². The van der Waals surface area contributed by atoms with Gasteiger partial charge in [0.2, 0.25) is 6.79 Å². The molecule has 0 radical (unpaired) electrons.